The molecular weight excluding hydrogens is 350 g/mol. The van der Waals surface area contributed by atoms with E-state index in [1.165, 1.54) is 49.4 Å². The monoisotopic (exact) mass is 375 g/mol. The van der Waals surface area contributed by atoms with Gasteiger partial charge >= 0.3 is 0 Å². The van der Waals surface area contributed by atoms with Gasteiger partial charge in [-0.25, -0.2) is 4.98 Å². The fraction of sp³-hybridized carbons (Fsp3) is 0.292. The molecule has 0 atom stereocenters. The van der Waals surface area contributed by atoms with Crippen LogP contribution in [0.25, 0.3) is 11.1 Å². The van der Waals surface area contributed by atoms with Crippen LogP contribution in [0.3, 0.4) is 0 Å². The van der Waals surface area contributed by atoms with Gasteiger partial charge < -0.3 is 4.74 Å². The zero-order valence-electron chi connectivity index (χ0n) is 16.4. The average molecular weight is 376 g/mol. The van der Waals surface area contributed by atoms with Gasteiger partial charge in [-0.15, -0.1) is 11.8 Å². The third kappa shape index (κ3) is 3.61. The second kappa shape index (κ2) is 7.40. The zero-order valence-corrected chi connectivity index (χ0v) is 17.2. The lowest BCUT2D eigenvalue weighted by Gasteiger charge is -2.14. The van der Waals surface area contributed by atoms with Crippen LogP contribution in [0.15, 0.2) is 47.5 Å². The second-order valence-corrected chi connectivity index (χ2v) is 8.51. The van der Waals surface area contributed by atoms with E-state index in [1.54, 1.807) is 0 Å². The van der Waals surface area contributed by atoms with E-state index in [-0.39, 0.29) is 0 Å². The molecule has 0 saturated carbocycles. The molecule has 0 aliphatic carbocycles. The number of aryl methyl sites for hydroxylation is 4. The Morgan fingerprint density at radius 2 is 1.81 bits per heavy atom. The molecule has 0 unspecified atom stereocenters. The van der Waals surface area contributed by atoms with Gasteiger partial charge in [-0.05, 0) is 73.6 Å². The Labute approximate surface area is 166 Å². The number of nitrogens with zero attached hydrogens (tertiary/aromatic N) is 1. The van der Waals surface area contributed by atoms with Crippen LogP contribution in [-0.2, 0) is 13.0 Å². The Morgan fingerprint density at radius 3 is 2.59 bits per heavy atom. The fourth-order valence-electron chi connectivity index (χ4n) is 4.02. The van der Waals surface area contributed by atoms with Gasteiger partial charge in [0.15, 0.2) is 0 Å². The number of thioether (sulfide) groups is 1. The Balaban J connectivity index is 1.58. The van der Waals surface area contributed by atoms with Crippen LogP contribution in [0, 0.1) is 27.7 Å². The topological polar surface area (TPSA) is 22.1 Å². The first-order valence-corrected chi connectivity index (χ1v) is 10.4. The van der Waals surface area contributed by atoms with Crippen LogP contribution in [0.2, 0.25) is 0 Å². The van der Waals surface area contributed by atoms with E-state index < -0.39 is 0 Å². The van der Waals surface area contributed by atoms with E-state index in [9.17, 15) is 0 Å². The Morgan fingerprint density at radius 1 is 1.04 bits per heavy atom. The maximum Gasteiger partial charge on any atom is 0.217 e. The lowest BCUT2D eigenvalue weighted by molar-refractivity contribution is 0.290. The number of aromatic nitrogens is 1. The van der Waals surface area contributed by atoms with Gasteiger partial charge in [0, 0.05) is 22.4 Å². The average Bonchev–Trinajstić information content (AvgIpc) is 3.10. The van der Waals surface area contributed by atoms with Gasteiger partial charge in [0.05, 0.1) is 0 Å². The van der Waals surface area contributed by atoms with Crippen molar-refractivity contribution < 1.29 is 4.74 Å². The highest BCUT2D eigenvalue weighted by Gasteiger charge is 2.18. The summed E-state index contributed by atoms with van der Waals surface area (Å²) in [6, 6.07) is 13.2. The first-order chi connectivity index (χ1) is 13.0. The van der Waals surface area contributed by atoms with Crippen molar-refractivity contribution in [2.24, 2.45) is 0 Å². The van der Waals surface area contributed by atoms with E-state index in [4.69, 9.17) is 4.74 Å². The number of benzene rings is 2. The summed E-state index contributed by atoms with van der Waals surface area (Å²) >= 11 is 1.91. The van der Waals surface area contributed by atoms with Crippen LogP contribution < -0.4 is 4.74 Å². The number of fused-ring (bicyclic) bond motifs is 1. The second-order valence-electron chi connectivity index (χ2n) is 7.40. The van der Waals surface area contributed by atoms with Crippen molar-refractivity contribution >= 4 is 11.8 Å². The molecule has 1 aliphatic rings. The molecule has 0 radical (unpaired) electrons. The summed E-state index contributed by atoms with van der Waals surface area (Å²) in [7, 11) is 0. The number of hydrogen-bond donors (Lipinski definition) is 0. The molecule has 2 aromatic carbocycles. The molecule has 0 N–H and O–H groups in total. The van der Waals surface area contributed by atoms with Crippen molar-refractivity contribution in [2.75, 3.05) is 5.75 Å². The van der Waals surface area contributed by atoms with Crippen LogP contribution in [0.5, 0.6) is 5.88 Å². The minimum Gasteiger partial charge on any atom is -0.473 e. The van der Waals surface area contributed by atoms with E-state index >= 15 is 0 Å². The normalized spacial score (nSPS) is 12.9. The van der Waals surface area contributed by atoms with Gasteiger partial charge in [0.25, 0.3) is 0 Å². The molecule has 0 saturated heterocycles. The van der Waals surface area contributed by atoms with E-state index in [2.05, 4.69) is 69.1 Å². The molecule has 138 valence electrons. The molecule has 0 bridgehead atoms. The minimum atomic E-state index is 0.537. The summed E-state index contributed by atoms with van der Waals surface area (Å²) in [4.78, 5) is 5.91. The van der Waals surface area contributed by atoms with Crippen LogP contribution in [0.4, 0.5) is 0 Å². The summed E-state index contributed by atoms with van der Waals surface area (Å²) < 4.78 is 6.09. The Bertz CT molecular complexity index is 986. The van der Waals surface area contributed by atoms with Crippen LogP contribution in [0.1, 0.15) is 33.4 Å². The highest BCUT2D eigenvalue weighted by molar-refractivity contribution is 7.99. The SMILES string of the molecule is Cc1cc(C)c(-c2cccc(COc3ncc4c(c3C)SCC4)c2)c(C)c1. The molecule has 3 aromatic rings. The maximum absolute atomic E-state index is 6.09. The quantitative estimate of drug-likeness (QED) is 0.541. The van der Waals surface area contributed by atoms with Crippen molar-refractivity contribution in [3.05, 3.63) is 76.0 Å². The molecule has 0 fully saturated rings. The number of pyridine rings is 1. The lowest BCUT2D eigenvalue weighted by atomic mass is 9.93. The summed E-state index contributed by atoms with van der Waals surface area (Å²) in [6.07, 6.45) is 3.10. The largest absolute Gasteiger partial charge is 0.473 e. The van der Waals surface area contributed by atoms with E-state index in [1.807, 2.05) is 18.0 Å². The molecule has 2 nitrogen and oxygen atoms in total. The first-order valence-electron chi connectivity index (χ1n) is 9.44. The van der Waals surface area contributed by atoms with Crippen molar-refractivity contribution in [3.8, 4) is 17.0 Å². The molecular formula is C24H25NOS. The number of ether oxygens (including phenoxy) is 1. The van der Waals surface area contributed by atoms with E-state index in [0.29, 0.717) is 6.61 Å². The number of rotatable bonds is 4. The molecule has 3 heteroatoms. The molecule has 2 heterocycles. The van der Waals surface area contributed by atoms with Gasteiger partial charge in [0.1, 0.15) is 6.61 Å². The van der Waals surface area contributed by atoms with E-state index in [0.717, 1.165) is 18.1 Å². The lowest BCUT2D eigenvalue weighted by Crippen LogP contribution is -2.01. The summed E-state index contributed by atoms with van der Waals surface area (Å²) in [5, 5.41) is 0. The van der Waals surface area contributed by atoms with Crippen molar-refractivity contribution in [3.63, 3.8) is 0 Å². The smallest absolute Gasteiger partial charge is 0.217 e. The molecule has 27 heavy (non-hydrogen) atoms. The fourth-order valence-corrected chi connectivity index (χ4v) is 5.19. The highest BCUT2D eigenvalue weighted by Crippen LogP contribution is 2.37. The summed E-state index contributed by atoms with van der Waals surface area (Å²) in [6.45, 7) is 9.18. The standard InChI is InChI=1S/C24H25NOS/c1-15-10-16(2)22(17(3)11-15)20-7-5-6-19(12-20)14-26-24-18(4)23-21(13-25-24)8-9-27-23/h5-7,10-13H,8-9,14H2,1-4H3. The molecule has 1 aromatic heterocycles. The highest BCUT2D eigenvalue weighted by atomic mass is 32.2. The summed E-state index contributed by atoms with van der Waals surface area (Å²) in [5.41, 5.74) is 10.2. The van der Waals surface area contributed by atoms with Crippen molar-refractivity contribution in [2.45, 2.75) is 45.6 Å². The third-order valence-electron chi connectivity index (χ3n) is 5.18. The molecule has 4 rings (SSSR count). The maximum atomic E-state index is 6.09. The third-order valence-corrected chi connectivity index (χ3v) is 6.44. The van der Waals surface area contributed by atoms with Crippen molar-refractivity contribution in [1.29, 1.82) is 0 Å². The first kappa shape index (κ1) is 18.1. The van der Waals surface area contributed by atoms with Gasteiger partial charge in [-0.1, -0.05) is 35.9 Å². The summed E-state index contributed by atoms with van der Waals surface area (Å²) in [5.74, 6) is 1.91. The predicted octanol–water partition coefficient (Wildman–Crippen LogP) is 6.21. The molecule has 0 amide bonds. The van der Waals surface area contributed by atoms with Crippen LogP contribution in [-0.4, -0.2) is 10.7 Å². The van der Waals surface area contributed by atoms with Gasteiger partial charge in [-0.2, -0.15) is 0 Å². The Hall–Kier alpha value is -2.26. The van der Waals surface area contributed by atoms with Gasteiger partial charge in [-0.3, -0.25) is 0 Å². The number of hydrogen-bond acceptors (Lipinski definition) is 3. The predicted molar refractivity (Wildman–Crippen MR) is 114 cm³/mol. The minimum absolute atomic E-state index is 0.537. The molecule has 1 aliphatic heterocycles. The Kier molecular flexibility index (Phi) is 4.96. The van der Waals surface area contributed by atoms with Gasteiger partial charge in [0.2, 0.25) is 5.88 Å². The molecule has 0 spiro atoms. The van der Waals surface area contributed by atoms with Crippen molar-refractivity contribution in [1.82, 2.24) is 4.98 Å². The van der Waals surface area contributed by atoms with Crippen LogP contribution >= 0.6 is 11.8 Å². The zero-order chi connectivity index (χ0) is 19.0.